The number of carbonyl (C=O) groups excluding carboxylic acids is 1. The number of hydrogen-bond acceptors (Lipinski definition) is 7. The van der Waals surface area contributed by atoms with Gasteiger partial charge in [-0.25, -0.2) is 13.1 Å². The zero-order valence-electron chi connectivity index (χ0n) is 15.7. The summed E-state index contributed by atoms with van der Waals surface area (Å²) >= 11 is 0. The van der Waals surface area contributed by atoms with Crippen LogP contribution in [0.1, 0.15) is 24.6 Å². The van der Waals surface area contributed by atoms with Crippen molar-refractivity contribution in [2.45, 2.75) is 30.3 Å². The summed E-state index contributed by atoms with van der Waals surface area (Å²) in [4.78, 5) is 13.7. The molecule has 3 aliphatic heterocycles. The lowest BCUT2D eigenvalue weighted by atomic mass is 10.2. The molecule has 154 valence electrons. The third-order valence-electron chi connectivity index (χ3n) is 5.44. The average Bonchev–Trinajstić information content (AvgIpc) is 3.30. The highest BCUT2D eigenvalue weighted by molar-refractivity contribution is 7.89. The Labute approximate surface area is 168 Å². The van der Waals surface area contributed by atoms with Crippen LogP contribution in [0, 0.1) is 0 Å². The number of nitrogens with zero attached hydrogens (tertiary/aromatic N) is 5. The molecule has 0 aliphatic carbocycles. The van der Waals surface area contributed by atoms with E-state index in [0.717, 1.165) is 13.0 Å². The Morgan fingerprint density at radius 2 is 1.93 bits per heavy atom. The molecule has 29 heavy (non-hydrogen) atoms. The normalized spacial score (nSPS) is 20.1. The van der Waals surface area contributed by atoms with Gasteiger partial charge in [-0.3, -0.25) is 4.79 Å². The van der Waals surface area contributed by atoms with Crippen molar-refractivity contribution in [3.8, 4) is 11.5 Å². The summed E-state index contributed by atoms with van der Waals surface area (Å²) in [6, 6.07) is 4.61. The molecule has 2 fully saturated rings. The molecule has 0 N–H and O–H groups in total. The molecule has 11 heteroatoms. The quantitative estimate of drug-likeness (QED) is 0.691. The van der Waals surface area contributed by atoms with Gasteiger partial charge in [0.1, 0.15) is 18.9 Å². The Bertz CT molecular complexity index is 1050. The second-order valence-corrected chi connectivity index (χ2v) is 9.33. The van der Waals surface area contributed by atoms with Crippen molar-refractivity contribution in [2.75, 3.05) is 32.8 Å². The van der Waals surface area contributed by atoms with Gasteiger partial charge < -0.3 is 14.4 Å². The van der Waals surface area contributed by atoms with E-state index in [1.165, 1.54) is 16.4 Å². The first-order chi connectivity index (χ1) is 14.0. The molecule has 1 aromatic heterocycles. The van der Waals surface area contributed by atoms with Gasteiger partial charge in [-0.2, -0.15) is 4.31 Å². The monoisotopic (exact) mass is 419 g/mol. The lowest BCUT2D eigenvalue weighted by molar-refractivity contribution is -0.128. The Kier molecular flexibility index (Phi) is 4.43. The maximum atomic E-state index is 12.9. The minimum atomic E-state index is -3.61. The van der Waals surface area contributed by atoms with E-state index >= 15 is 0 Å². The van der Waals surface area contributed by atoms with Crippen molar-refractivity contribution in [3.63, 3.8) is 0 Å². The number of carbonyl (C=O) groups is 1. The predicted octanol–water partition coefficient (Wildman–Crippen LogP) is 0.417. The summed E-state index contributed by atoms with van der Waals surface area (Å²) in [5, 5.41) is 8.25. The van der Waals surface area contributed by atoms with Crippen LogP contribution in [0.3, 0.4) is 0 Å². The SMILES string of the molecule is O=C1CCCN1Cc1cn(C2CN(S(=O)(=O)c3ccc4c(c3)OCCO4)C2)nn1. The van der Waals surface area contributed by atoms with E-state index in [1.54, 1.807) is 21.8 Å². The van der Waals surface area contributed by atoms with Gasteiger partial charge in [0.25, 0.3) is 0 Å². The van der Waals surface area contributed by atoms with E-state index in [4.69, 9.17) is 9.47 Å². The third kappa shape index (κ3) is 3.33. The first-order valence-corrected chi connectivity index (χ1v) is 11.0. The van der Waals surface area contributed by atoms with E-state index in [2.05, 4.69) is 10.3 Å². The fraction of sp³-hybridized carbons (Fsp3) is 0.500. The van der Waals surface area contributed by atoms with E-state index in [-0.39, 0.29) is 16.8 Å². The Hall–Kier alpha value is -2.66. The van der Waals surface area contributed by atoms with Crippen LogP contribution in [-0.2, 0) is 21.4 Å². The van der Waals surface area contributed by atoms with Gasteiger partial charge in [-0.1, -0.05) is 5.21 Å². The van der Waals surface area contributed by atoms with Gasteiger partial charge in [0.05, 0.1) is 23.7 Å². The smallest absolute Gasteiger partial charge is 0.243 e. The molecule has 0 saturated carbocycles. The molecule has 0 bridgehead atoms. The molecule has 2 saturated heterocycles. The molecule has 2 aromatic rings. The molecule has 10 nitrogen and oxygen atoms in total. The first kappa shape index (κ1) is 18.4. The van der Waals surface area contributed by atoms with Crippen LogP contribution in [-0.4, -0.2) is 71.4 Å². The molecular weight excluding hydrogens is 398 g/mol. The molecule has 0 unspecified atom stereocenters. The number of fused-ring (bicyclic) bond motifs is 1. The first-order valence-electron chi connectivity index (χ1n) is 9.59. The van der Waals surface area contributed by atoms with Crippen LogP contribution >= 0.6 is 0 Å². The molecule has 3 aliphatic rings. The highest BCUT2D eigenvalue weighted by Gasteiger charge is 2.39. The molecule has 0 spiro atoms. The van der Waals surface area contributed by atoms with Crippen molar-refractivity contribution >= 4 is 15.9 Å². The predicted molar refractivity (Wildman–Crippen MR) is 99.9 cm³/mol. The highest BCUT2D eigenvalue weighted by Crippen LogP contribution is 2.35. The van der Waals surface area contributed by atoms with Gasteiger partial charge in [0.15, 0.2) is 11.5 Å². The number of likely N-dealkylation sites (tertiary alicyclic amines) is 1. The van der Waals surface area contributed by atoms with Crippen molar-refractivity contribution < 1.29 is 22.7 Å². The van der Waals surface area contributed by atoms with Gasteiger partial charge in [-0.15, -0.1) is 5.10 Å². The van der Waals surface area contributed by atoms with Crippen molar-refractivity contribution in [1.29, 1.82) is 0 Å². The molecule has 1 aromatic carbocycles. The van der Waals surface area contributed by atoms with Gasteiger partial charge in [-0.05, 0) is 18.6 Å². The van der Waals surface area contributed by atoms with Crippen molar-refractivity contribution in [1.82, 2.24) is 24.2 Å². The topological polar surface area (TPSA) is 107 Å². The van der Waals surface area contributed by atoms with Gasteiger partial charge in [0, 0.05) is 32.1 Å². The Morgan fingerprint density at radius 1 is 1.14 bits per heavy atom. The summed E-state index contributed by atoms with van der Waals surface area (Å²) in [5.74, 6) is 1.15. The number of amides is 1. The number of ether oxygens (including phenoxy) is 2. The maximum absolute atomic E-state index is 12.9. The van der Waals surface area contributed by atoms with Gasteiger partial charge in [0.2, 0.25) is 15.9 Å². The fourth-order valence-corrected chi connectivity index (χ4v) is 5.28. The minimum absolute atomic E-state index is 0.0717. The third-order valence-corrected chi connectivity index (χ3v) is 7.26. The van der Waals surface area contributed by atoms with Crippen LogP contribution < -0.4 is 9.47 Å². The van der Waals surface area contributed by atoms with Crippen LogP contribution in [0.4, 0.5) is 0 Å². The zero-order chi connectivity index (χ0) is 20.0. The van der Waals surface area contributed by atoms with Crippen molar-refractivity contribution in [2.24, 2.45) is 0 Å². The molecule has 1 amide bonds. The molecule has 0 radical (unpaired) electrons. The summed E-state index contributed by atoms with van der Waals surface area (Å²) in [6.07, 6.45) is 3.26. The second kappa shape index (κ2) is 6.99. The number of benzene rings is 1. The molecule has 0 atom stereocenters. The van der Waals surface area contributed by atoms with E-state index < -0.39 is 10.0 Å². The number of rotatable bonds is 5. The lowest BCUT2D eigenvalue weighted by Crippen LogP contribution is -2.50. The van der Waals surface area contributed by atoms with Gasteiger partial charge >= 0.3 is 0 Å². The Balaban J connectivity index is 1.24. The zero-order valence-corrected chi connectivity index (χ0v) is 16.5. The number of aromatic nitrogens is 3. The minimum Gasteiger partial charge on any atom is -0.486 e. The van der Waals surface area contributed by atoms with Crippen LogP contribution in [0.25, 0.3) is 0 Å². The largest absolute Gasteiger partial charge is 0.486 e. The van der Waals surface area contributed by atoms with Crippen molar-refractivity contribution in [3.05, 3.63) is 30.1 Å². The van der Waals surface area contributed by atoms with E-state index in [9.17, 15) is 13.2 Å². The fourth-order valence-electron chi connectivity index (χ4n) is 3.74. The van der Waals surface area contributed by atoms with E-state index in [1.807, 2.05) is 0 Å². The van der Waals surface area contributed by atoms with Crippen LogP contribution in [0.2, 0.25) is 0 Å². The summed E-state index contributed by atoms with van der Waals surface area (Å²) in [7, 11) is -3.61. The second-order valence-electron chi connectivity index (χ2n) is 7.39. The standard InChI is InChI=1S/C18H21N5O5S/c24-18-2-1-5-21(18)9-13-10-23(20-19-13)14-11-22(12-14)29(25,26)15-3-4-16-17(8-15)28-7-6-27-16/h3-4,8,10,14H,1-2,5-7,9,11-12H2. The average molecular weight is 419 g/mol. The van der Waals surface area contributed by atoms with Crippen LogP contribution in [0.5, 0.6) is 11.5 Å². The summed E-state index contributed by atoms with van der Waals surface area (Å²) in [6.45, 7) is 2.70. The summed E-state index contributed by atoms with van der Waals surface area (Å²) < 4.78 is 39.8. The summed E-state index contributed by atoms with van der Waals surface area (Å²) in [5.41, 5.74) is 0.716. The molecule has 5 rings (SSSR count). The maximum Gasteiger partial charge on any atom is 0.243 e. The lowest BCUT2D eigenvalue weighted by Gasteiger charge is -2.37. The number of sulfonamides is 1. The van der Waals surface area contributed by atoms with Crippen LogP contribution in [0.15, 0.2) is 29.3 Å². The van der Waals surface area contributed by atoms with E-state index in [0.29, 0.717) is 56.5 Å². The molecular formula is C18H21N5O5S. The Morgan fingerprint density at radius 3 is 2.69 bits per heavy atom. The highest BCUT2D eigenvalue weighted by atomic mass is 32.2. The molecule has 4 heterocycles. The number of hydrogen-bond donors (Lipinski definition) is 0.